The Morgan fingerprint density at radius 2 is 1.81 bits per heavy atom. The molecular weight excluding hydrogens is 412 g/mol. The Balaban J connectivity index is 1.26. The topological polar surface area (TPSA) is 112 Å². The molecule has 0 saturated carbocycles. The van der Waals surface area contributed by atoms with E-state index < -0.39 is 17.5 Å². The van der Waals surface area contributed by atoms with Crippen LogP contribution in [0.3, 0.4) is 0 Å². The molecule has 0 bridgehead atoms. The number of nitrogens with one attached hydrogen (secondary N) is 1. The third kappa shape index (κ3) is 3.33. The maximum Gasteiger partial charge on any atom is 0.325 e. The van der Waals surface area contributed by atoms with Crippen molar-refractivity contribution >= 4 is 34.8 Å². The Labute approximate surface area is 183 Å². The molecule has 0 aliphatic carbocycles. The lowest BCUT2D eigenvalue weighted by atomic mass is 9.99. The summed E-state index contributed by atoms with van der Waals surface area (Å²) in [5, 5.41) is 3.53. The first-order chi connectivity index (χ1) is 15.5. The second-order valence-corrected chi connectivity index (χ2v) is 8.01. The van der Waals surface area contributed by atoms with E-state index in [2.05, 4.69) is 15.3 Å². The van der Waals surface area contributed by atoms with E-state index in [-0.39, 0.29) is 12.5 Å². The molecule has 10 heteroatoms. The van der Waals surface area contributed by atoms with E-state index >= 15 is 0 Å². The van der Waals surface area contributed by atoms with Gasteiger partial charge in [-0.1, -0.05) is 18.2 Å². The summed E-state index contributed by atoms with van der Waals surface area (Å²) in [5.74, 6) is 0.168. The Kier molecular flexibility index (Phi) is 4.76. The number of nitrogens with zero attached hydrogens (tertiary/aromatic N) is 5. The van der Waals surface area contributed by atoms with Crippen LogP contribution < -0.4 is 10.2 Å². The van der Waals surface area contributed by atoms with Crippen molar-refractivity contribution < 1.29 is 18.8 Å². The number of hydrogen-bond donors (Lipinski definition) is 1. The Morgan fingerprint density at radius 1 is 1.09 bits per heavy atom. The van der Waals surface area contributed by atoms with Gasteiger partial charge in [-0.05, 0) is 25.1 Å². The van der Waals surface area contributed by atoms with Gasteiger partial charge in [0.25, 0.3) is 5.91 Å². The summed E-state index contributed by atoms with van der Waals surface area (Å²) in [6, 6.07) is 10.3. The average molecular weight is 434 g/mol. The van der Waals surface area contributed by atoms with Crippen molar-refractivity contribution in [2.75, 3.05) is 37.6 Å². The SMILES string of the molecule is CC1(c2cc3ccccc3o2)NC(=O)N(CC(=O)N2CCN(c3ncccn3)CC2)C1=O. The Hall–Kier alpha value is -3.95. The van der Waals surface area contributed by atoms with Crippen molar-refractivity contribution in [3.05, 3.63) is 54.6 Å². The molecule has 0 radical (unpaired) electrons. The molecule has 3 aromatic rings. The highest BCUT2D eigenvalue weighted by molar-refractivity contribution is 6.09. The molecule has 2 aromatic heterocycles. The number of aromatic nitrogens is 2. The summed E-state index contributed by atoms with van der Waals surface area (Å²) in [5.41, 5.74) is -0.736. The van der Waals surface area contributed by atoms with Gasteiger partial charge in [0.15, 0.2) is 5.54 Å². The van der Waals surface area contributed by atoms with Crippen LogP contribution in [0.2, 0.25) is 0 Å². The fourth-order valence-corrected chi connectivity index (χ4v) is 4.08. The van der Waals surface area contributed by atoms with Crippen molar-refractivity contribution in [2.45, 2.75) is 12.5 Å². The number of hydrogen-bond acceptors (Lipinski definition) is 7. The van der Waals surface area contributed by atoms with Crippen LogP contribution in [0.25, 0.3) is 11.0 Å². The predicted octanol–water partition coefficient (Wildman–Crippen LogP) is 1.34. The number of amides is 4. The first-order valence-corrected chi connectivity index (χ1v) is 10.4. The summed E-state index contributed by atoms with van der Waals surface area (Å²) in [7, 11) is 0. The number of imide groups is 1. The van der Waals surface area contributed by atoms with Crippen LogP contribution in [0.5, 0.6) is 0 Å². The predicted molar refractivity (Wildman–Crippen MR) is 115 cm³/mol. The minimum absolute atomic E-state index is 0.281. The van der Waals surface area contributed by atoms with Gasteiger partial charge in [-0.15, -0.1) is 0 Å². The van der Waals surface area contributed by atoms with Crippen molar-refractivity contribution in [1.82, 2.24) is 25.1 Å². The molecule has 2 fully saturated rings. The molecule has 2 saturated heterocycles. The first kappa shape index (κ1) is 20.0. The second kappa shape index (κ2) is 7.63. The third-order valence-corrected chi connectivity index (χ3v) is 5.95. The summed E-state index contributed by atoms with van der Waals surface area (Å²) in [4.78, 5) is 51.7. The lowest BCUT2D eigenvalue weighted by Crippen LogP contribution is -2.52. The molecule has 4 heterocycles. The van der Waals surface area contributed by atoms with Gasteiger partial charge in [-0.2, -0.15) is 0 Å². The summed E-state index contributed by atoms with van der Waals surface area (Å²) in [6.45, 7) is 3.35. The Morgan fingerprint density at radius 3 is 2.53 bits per heavy atom. The fourth-order valence-electron chi connectivity index (χ4n) is 4.08. The summed E-state index contributed by atoms with van der Waals surface area (Å²) in [6.07, 6.45) is 3.35. The molecule has 5 rings (SSSR count). The number of rotatable bonds is 4. The van der Waals surface area contributed by atoms with E-state index in [9.17, 15) is 14.4 Å². The molecular formula is C22H22N6O4. The zero-order chi connectivity index (χ0) is 22.3. The van der Waals surface area contributed by atoms with Gasteiger partial charge in [-0.25, -0.2) is 14.8 Å². The lowest BCUT2D eigenvalue weighted by Gasteiger charge is -2.35. The smallest absolute Gasteiger partial charge is 0.325 e. The third-order valence-electron chi connectivity index (χ3n) is 5.95. The lowest BCUT2D eigenvalue weighted by molar-refractivity contribution is -0.139. The van der Waals surface area contributed by atoms with Crippen molar-refractivity contribution in [3.63, 3.8) is 0 Å². The maximum absolute atomic E-state index is 13.2. The van der Waals surface area contributed by atoms with Crippen LogP contribution in [0.1, 0.15) is 12.7 Å². The molecule has 1 aromatic carbocycles. The number of carbonyl (C=O) groups excluding carboxylic acids is 3. The molecule has 0 spiro atoms. The summed E-state index contributed by atoms with van der Waals surface area (Å²) >= 11 is 0. The van der Waals surface area contributed by atoms with Gasteiger partial charge in [0, 0.05) is 44.0 Å². The van der Waals surface area contributed by atoms with Crippen molar-refractivity contribution in [2.24, 2.45) is 0 Å². The molecule has 2 aliphatic heterocycles. The van der Waals surface area contributed by atoms with E-state index in [0.717, 1.165) is 10.3 Å². The van der Waals surface area contributed by atoms with Crippen molar-refractivity contribution in [1.29, 1.82) is 0 Å². The fraction of sp³-hybridized carbons (Fsp3) is 0.318. The van der Waals surface area contributed by atoms with E-state index in [4.69, 9.17) is 4.42 Å². The highest BCUT2D eigenvalue weighted by Crippen LogP contribution is 2.33. The summed E-state index contributed by atoms with van der Waals surface area (Å²) < 4.78 is 5.82. The normalized spacial score (nSPS) is 21.3. The van der Waals surface area contributed by atoms with Gasteiger partial charge in [0.2, 0.25) is 11.9 Å². The van der Waals surface area contributed by atoms with Crippen LogP contribution in [0.15, 0.2) is 53.2 Å². The van der Waals surface area contributed by atoms with Gasteiger partial charge in [-0.3, -0.25) is 14.5 Å². The van der Waals surface area contributed by atoms with E-state index in [1.54, 1.807) is 42.4 Å². The van der Waals surface area contributed by atoms with Crippen LogP contribution >= 0.6 is 0 Å². The number of urea groups is 1. The van der Waals surface area contributed by atoms with Gasteiger partial charge in [0.1, 0.15) is 17.9 Å². The molecule has 10 nitrogen and oxygen atoms in total. The average Bonchev–Trinajstić information content (AvgIpc) is 3.35. The number of fused-ring (bicyclic) bond motifs is 1. The quantitative estimate of drug-likeness (QED) is 0.617. The number of carbonyl (C=O) groups is 3. The minimum Gasteiger partial charge on any atom is -0.458 e. The number of para-hydroxylation sites is 1. The van der Waals surface area contributed by atoms with E-state index in [0.29, 0.717) is 43.5 Å². The number of benzene rings is 1. The zero-order valence-corrected chi connectivity index (χ0v) is 17.5. The minimum atomic E-state index is -1.36. The van der Waals surface area contributed by atoms with Crippen LogP contribution in [0.4, 0.5) is 10.7 Å². The maximum atomic E-state index is 13.2. The largest absolute Gasteiger partial charge is 0.458 e. The van der Waals surface area contributed by atoms with Crippen LogP contribution in [-0.2, 0) is 15.1 Å². The highest BCUT2D eigenvalue weighted by atomic mass is 16.3. The van der Waals surface area contributed by atoms with E-state index in [1.165, 1.54) is 0 Å². The van der Waals surface area contributed by atoms with Gasteiger partial charge >= 0.3 is 6.03 Å². The molecule has 4 amide bonds. The molecule has 1 N–H and O–H groups in total. The molecule has 1 atom stereocenters. The Bertz CT molecular complexity index is 1150. The van der Waals surface area contributed by atoms with Crippen LogP contribution in [0, 0.1) is 0 Å². The number of piperazine rings is 1. The molecule has 1 unspecified atom stereocenters. The standard InChI is InChI=1S/C22H22N6O4/c1-22(17-13-15-5-2-3-6-16(15)32-17)19(30)28(21(31)25-22)14-18(29)26-9-11-27(12-10-26)20-23-7-4-8-24-20/h2-8,13H,9-12,14H2,1H3,(H,25,31). The first-order valence-electron chi connectivity index (χ1n) is 10.4. The van der Waals surface area contributed by atoms with Gasteiger partial charge in [0.05, 0.1) is 0 Å². The van der Waals surface area contributed by atoms with E-state index in [1.807, 2.05) is 23.1 Å². The monoisotopic (exact) mass is 434 g/mol. The number of furan rings is 1. The zero-order valence-electron chi connectivity index (χ0n) is 17.5. The number of anilines is 1. The molecule has 2 aliphatic rings. The van der Waals surface area contributed by atoms with Crippen molar-refractivity contribution in [3.8, 4) is 0 Å². The van der Waals surface area contributed by atoms with Gasteiger partial charge < -0.3 is 19.5 Å². The highest BCUT2D eigenvalue weighted by Gasteiger charge is 2.52. The molecule has 164 valence electrons. The second-order valence-electron chi connectivity index (χ2n) is 8.01. The molecule has 32 heavy (non-hydrogen) atoms. The van der Waals surface area contributed by atoms with Crippen LogP contribution in [-0.4, -0.2) is 70.3 Å².